The number of rotatable bonds is 26. The van der Waals surface area contributed by atoms with Gasteiger partial charge in [-0.1, -0.05) is 88.8 Å². The second-order valence-corrected chi connectivity index (χ2v) is 12.9. The van der Waals surface area contributed by atoms with Crippen LogP contribution in [0.2, 0.25) is 0 Å². The molecular weight excluding hydrogens is 527 g/mol. The van der Waals surface area contributed by atoms with Crippen LogP contribution in [0.1, 0.15) is 104 Å². The molecule has 0 aliphatic carbocycles. The minimum atomic E-state index is -4.31. The lowest BCUT2D eigenvalue weighted by Gasteiger charge is -2.25. The monoisotopic (exact) mass is 587 g/mol. The number of amides is 1. The van der Waals surface area contributed by atoms with Gasteiger partial charge in [-0.15, -0.1) is 0 Å². The highest BCUT2D eigenvalue weighted by molar-refractivity contribution is 7.47. The third-order valence-corrected chi connectivity index (χ3v) is 7.29. The topological polar surface area (TPSA) is 105 Å². The van der Waals surface area contributed by atoms with E-state index in [0.717, 1.165) is 25.7 Å². The maximum atomic E-state index is 12.2. The van der Waals surface area contributed by atoms with Crippen LogP contribution in [0.4, 0.5) is 0 Å². The summed E-state index contributed by atoms with van der Waals surface area (Å²) in [5, 5.41) is 13.3. The van der Waals surface area contributed by atoms with Gasteiger partial charge in [-0.3, -0.25) is 13.8 Å². The minimum Gasteiger partial charge on any atom is -0.387 e. The maximum Gasteiger partial charge on any atom is 0.472 e. The molecule has 0 aliphatic rings. The number of likely N-dealkylation sites (N-methyl/N-ethyl adjacent to an activating group) is 1. The second-order valence-electron chi connectivity index (χ2n) is 11.5. The molecule has 0 radical (unpaired) electrons. The standard InChI is InChI=1S/C31H59N2O6P/c1-6-8-9-10-11-12-13-14-15-16-17-18-19-20-21-22-23-25-30(34)29(32-31(35)24-7-2)28-39-40(36,37)38-27-26-33(3,4)5/h15-16,19-20,23,25,29-30,34H,6-14,17-18,21-22,24,26-28H2,1-5H3,(H-,32,35,36,37)/p+1/b16-15+,20-19+,25-23+. The van der Waals surface area contributed by atoms with Crippen molar-refractivity contribution in [1.29, 1.82) is 0 Å². The highest BCUT2D eigenvalue weighted by atomic mass is 31.2. The predicted molar refractivity (Wildman–Crippen MR) is 166 cm³/mol. The maximum absolute atomic E-state index is 12.2. The zero-order valence-electron chi connectivity index (χ0n) is 26.1. The van der Waals surface area contributed by atoms with Crippen LogP contribution in [0.3, 0.4) is 0 Å². The Balaban J connectivity index is 4.34. The number of carbonyl (C=O) groups is 1. The number of allylic oxidation sites excluding steroid dienone is 5. The summed E-state index contributed by atoms with van der Waals surface area (Å²) in [7, 11) is 1.53. The molecule has 3 unspecified atom stereocenters. The molecule has 0 rings (SSSR count). The van der Waals surface area contributed by atoms with Crippen LogP contribution < -0.4 is 5.32 Å². The molecule has 0 fully saturated rings. The summed E-state index contributed by atoms with van der Waals surface area (Å²) in [6.45, 7) is 4.37. The number of aliphatic hydroxyl groups excluding tert-OH is 1. The normalized spacial score (nSPS) is 15.7. The molecule has 0 aliphatic heterocycles. The molecule has 3 N–H and O–H groups in total. The molecule has 3 atom stereocenters. The molecule has 0 saturated carbocycles. The lowest BCUT2D eigenvalue weighted by molar-refractivity contribution is -0.870. The van der Waals surface area contributed by atoms with Crippen molar-refractivity contribution in [2.75, 3.05) is 40.9 Å². The van der Waals surface area contributed by atoms with Gasteiger partial charge < -0.3 is 19.8 Å². The molecule has 0 spiro atoms. The highest BCUT2D eigenvalue weighted by Gasteiger charge is 2.27. The Kier molecular flexibility index (Phi) is 23.6. The molecule has 0 aromatic heterocycles. The van der Waals surface area contributed by atoms with Gasteiger partial charge in [0.2, 0.25) is 5.91 Å². The van der Waals surface area contributed by atoms with Crippen molar-refractivity contribution in [2.45, 2.75) is 116 Å². The smallest absolute Gasteiger partial charge is 0.387 e. The molecule has 40 heavy (non-hydrogen) atoms. The third kappa shape index (κ3) is 25.7. The van der Waals surface area contributed by atoms with Crippen LogP contribution in [0.5, 0.6) is 0 Å². The molecule has 1 amide bonds. The van der Waals surface area contributed by atoms with E-state index in [1.807, 2.05) is 34.1 Å². The summed E-state index contributed by atoms with van der Waals surface area (Å²) < 4.78 is 23.0. The van der Waals surface area contributed by atoms with E-state index in [1.54, 1.807) is 6.08 Å². The Bertz CT molecular complexity index is 763. The van der Waals surface area contributed by atoms with E-state index in [9.17, 15) is 19.4 Å². The van der Waals surface area contributed by atoms with Gasteiger partial charge in [0.15, 0.2) is 0 Å². The van der Waals surface area contributed by atoms with Crippen LogP contribution in [-0.4, -0.2) is 73.4 Å². The summed E-state index contributed by atoms with van der Waals surface area (Å²) in [5.41, 5.74) is 0. The van der Waals surface area contributed by atoms with Crippen LogP contribution >= 0.6 is 7.82 Å². The lowest BCUT2D eigenvalue weighted by atomic mass is 10.1. The van der Waals surface area contributed by atoms with E-state index < -0.39 is 20.0 Å². The first kappa shape index (κ1) is 38.7. The van der Waals surface area contributed by atoms with E-state index >= 15 is 0 Å². The quantitative estimate of drug-likeness (QED) is 0.0443. The molecule has 234 valence electrons. The van der Waals surface area contributed by atoms with E-state index in [1.165, 1.54) is 51.4 Å². The molecule has 8 nitrogen and oxygen atoms in total. The number of carbonyl (C=O) groups excluding carboxylic acids is 1. The average molecular weight is 588 g/mol. The van der Waals surface area contributed by atoms with E-state index in [2.05, 4.69) is 36.5 Å². The Morgan fingerprint density at radius 1 is 0.825 bits per heavy atom. The van der Waals surface area contributed by atoms with Gasteiger partial charge in [-0.25, -0.2) is 4.57 Å². The molecule has 0 aromatic rings. The van der Waals surface area contributed by atoms with Crippen molar-refractivity contribution in [3.8, 4) is 0 Å². The zero-order valence-corrected chi connectivity index (χ0v) is 27.0. The summed E-state index contributed by atoms with van der Waals surface area (Å²) in [5.74, 6) is -0.248. The Morgan fingerprint density at radius 3 is 1.95 bits per heavy atom. The van der Waals surface area contributed by atoms with Crippen LogP contribution in [-0.2, 0) is 18.4 Å². The summed E-state index contributed by atoms with van der Waals surface area (Å²) in [6, 6.07) is -0.860. The van der Waals surface area contributed by atoms with Crippen LogP contribution in [0, 0.1) is 0 Å². The lowest BCUT2D eigenvalue weighted by Crippen LogP contribution is -2.45. The van der Waals surface area contributed by atoms with Crippen molar-refractivity contribution < 1.29 is 32.9 Å². The highest BCUT2D eigenvalue weighted by Crippen LogP contribution is 2.43. The summed E-state index contributed by atoms with van der Waals surface area (Å²) in [6.07, 6.45) is 26.5. The Hall–Kier alpha value is -1.28. The first-order chi connectivity index (χ1) is 19.0. The fraction of sp³-hybridized carbons (Fsp3) is 0.774. The predicted octanol–water partition coefficient (Wildman–Crippen LogP) is 6.84. The van der Waals surface area contributed by atoms with Crippen molar-refractivity contribution in [3.63, 3.8) is 0 Å². The first-order valence-electron chi connectivity index (χ1n) is 15.4. The third-order valence-electron chi connectivity index (χ3n) is 6.31. The number of nitrogens with one attached hydrogen (secondary N) is 1. The number of phosphoric acid groups is 1. The van der Waals surface area contributed by atoms with Gasteiger partial charge in [0.1, 0.15) is 13.2 Å². The Labute approximate surface area is 245 Å². The van der Waals surface area contributed by atoms with Crippen molar-refractivity contribution in [3.05, 3.63) is 36.5 Å². The summed E-state index contributed by atoms with van der Waals surface area (Å²) in [4.78, 5) is 22.1. The number of unbranched alkanes of at least 4 members (excludes halogenated alkanes) is 9. The number of hydrogen-bond donors (Lipinski definition) is 3. The minimum absolute atomic E-state index is 0.0512. The zero-order chi connectivity index (χ0) is 30.1. The van der Waals surface area contributed by atoms with Crippen molar-refractivity contribution in [2.24, 2.45) is 0 Å². The number of hydrogen-bond acceptors (Lipinski definition) is 5. The fourth-order valence-electron chi connectivity index (χ4n) is 3.82. The summed E-state index contributed by atoms with van der Waals surface area (Å²) >= 11 is 0. The number of aliphatic hydroxyl groups is 1. The average Bonchev–Trinajstić information content (AvgIpc) is 2.87. The SMILES string of the molecule is CCCCCCCCC/C=C/CC/C=C/CC/C=C/C(O)C(COP(=O)(O)OCC[N+](C)(C)C)NC(=O)CCC. The van der Waals surface area contributed by atoms with E-state index in [4.69, 9.17) is 9.05 Å². The molecule has 0 aromatic carbocycles. The van der Waals surface area contributed by atoms with Gasteiger partial charge in [0, 0.05) is 6.42 Å². The Morgan fingerprint density at radius 2 is 1.38 bits per heavy atom. The molecule has 0 saturated heterocycles. The van der Waals surface area contributed by atoms with E-state index in [-0.39, 0.29) is 19.1 Å². The fourth-order valence-corrected chi connectivity index (χ4v) is 4.55. The molecule has 0 bridgehead atoms. The second kappa shape index (κ2) is 24.3. The number of phosphoric ester groups is 1. The number of quaternary nitrogens is 1. The van der Waals surface area contributed by atoms with Crippen LogP contribution in [0.15, 0.2) is 36.5 Å². The largest absolute Gasteiger partial charge is 0.472 e. The van der Waals surface area contributed by atoms with Gasteiger partial charge >= 0.3 is 7.82 Å². The van der Waals surface area contributed by atoms with Crippen molar-refractivity contribution in [1.82, 2.24) is 5.32 Å². The molecule has 0 heterocycles. The van der Waals surface area contributed by atoms with Gasteiger partial charge in [0.05, 0.1) is 39.9 Å². The van der Waals surface area contributed by atoms with Crippen molar-refractivity contribution >= 4 is 13.7 Å². The van der Waals surface area contributed by atoms with Gasteiger partial charge in [-0.2, -0.15) is 0 Å². The van der Waals surface area contributed by atoms with Crippen LogP contribution in [0.25, 0.3) is 0 Å². The molecular formula is C31H60N2O6P+. The number of nitrogens with zero attached hydrogens (tertiary/aromatic N) is 1. The molecule has 9 heteroatoms. The first-order valence-corrected chi connectivity index (χ1v) is 16.9. The van der Waals surface area contributed by atoms with E-state index in [0.29, 0.717) is 23.9 Å². The van der Waals surface area contributed by atoms with Gasteiger partial charge in [0.25, 0.3) is 0 Å². The van der Waals surface area contributed by atoms with Gasteiger partial charge in [-0.05, 0) is 44.9 Å².